The van der Waals surface area contributed by atoms with E-state index in [0.717, 1.165) is 11.6 Å². The maximum Gasteiger partial charge on any atom is 0.201 e. The molecule has 0 aliphatic carbocycles. The minimum absolute atomic E-state index is 0.140. The first-order chi connectivity index (χ1) is 9.55. The van der Waals surface area contributed by atoms with Crippen LogP contribution in [-0.4, -0.2) is 0 Å². The van der Waals surface area contributed by atoms with E-state index in [-0.39, 0.29) is 23.6 Å². The molecular formula is C14H9BrF2N2O. The molecule has 0 spiro atoms. The summed E-state index contributed by atoms with van der Waals surface area (Å²) in [7, 11) is 0. The molecule has 20 heavy (non-hydrogen) atoms. The van der Waals surface area contributed by atoms with Crippen LogP contribution < -0.4 is 10.5 Å². The lowest BCUT2D eigenvalue weighted by Crippen LogP contribution is -1.98. The van der Waals surface area contributed by atoms with E-state index in [0.29, 0.717) is 4.47 Å². The number of hydrogen-bond acceptors (Lipinski definition) is 3. The molecule has 0 unspecified atom stereocenters. The van der Waals surface area contributed by atoms with Crippen LogP contribution in [0.2, 0.25) is 0 Å². The fourth-order valence-corrected chi connectivity index (χ4v) is 2.01. The summed E-state index contributed by atoms with van der Waals surface area (Å²) in [6.45, 7) is 0.273. The summed E-state index contributed by atoms with van der Waals surface area (Å²) < 4.78 is 32.5. The summed E-state index contributed by atoms with van der Waals surface area (Å²) in [4.78, 5) is 0. The van der Waals surface area contributed by atoms with Crippen molar-refractivity contribution >= 4 is 15.9 Å². The molecule has 0 aliphatic heterocycles. The van der Waals surface area contributed by atoms with Crippen LogP contribution in [0, 0.1) is 23.0 Å². The zero-order valence-corrected chi connectivity index (χ0v) is 11.7. The average molecular weight is 339 g/mol. The predicted octanol–water partition coefficient (Wildman–Crippen LogP) is 3.85. The van der Waals surface area contributed by atoms with Crippen molar-refractivity contribution in [3.8, 4) is 17.6 Å². The molecular weight excluding hydrogens is 330 g/mol. The molecule has 2 rings (SSSR count). The van der Waals surface area contributed by atoms with Gasteiger partial charge >= 0.3 is 0 Å². The zero-order chi connectivity index (χ0) is 14.7. The third-order valence-corrected chi connectivity index (χ3v) is 3.04. The molecule has 2 N–H and O–H groups in total. The van der Waals surface area contributed by atoms with E-state index in [4.69, 9.17) is 15.7 Å². The van der Waals surface area contributed by atoms with Gasteiger partial charge in [-0.3, -0.25) is 0 Å². The first-order valence-corrected chi connectivity index (χ1v) is 6.40. The van der Waals surface area contributed by atoms with Crippen LogP contribution in [0.15, 0.2) is 34.8 Å². The molecule has 0 saturated carbocycles. The normalized spacial score (nSPS) is 10.2. The van der Waals surface area contributed by atoms with Crippen molar-refractivity contribution in [2.45, 2.75) is 6.54 Å². The SMILES string of the molecule is N#Cc1cc(CN)ccc1Oc1cc(Br)cc(F)c1F. The topological polar surface area (TPSA) is 59.0 Å². The van der Waals surface area contributed by atoms with Crippen LogP contribution >= 0.6 is 15.9 Å². The molecule has 0 saturated heterocycles. The highest BCUT2D eigenvalue weighted by molar-refractivity contribution is 9.10. The molecule has 0 radical (unpaired) electrons. The second-order valence-corrected chi connectivity index (χ2v) is 4.86. The van der Waals surface area contributed by atoms with Gasteiger partial charge in [-0.25, -0.2) is 4.39 Å². The van der Waals surface area contributed by atoms with Gasteiger partial charge in [-0.1, -0.05) is 22.0 Å². The second-order valence-electron chi connectivity index (χ2n) is 3.95. The van der Waals surface area contributed by atoms with Crippen LogP contribution in [-0.2, 0) is 6.54 Å². The molecule has 0 heterocycles. The van der Waals surface area contributed by atoms with E-state index < -0.39 is 11.6 Å². The maximum absolute atomic E-state index is 13.6. The average Bonchev–Trinajstić information content (AvgIpc) is 2.44. The highest BCUT2D eigenvalue weighted by Gasteiger charge is 2.14. The molecule has 0 atom stereocenters. The van der Waals surface area contributed by atoms with Crippen molar-refractivity contribution in [2.24, 2.45) is 5.73 Å². The Hall–Kier alpha value is -1.97. The van der Waals surface area contributed by atoms with E-state index in [1.165, 1.54) is 12.1 Å². The van der Waals surface area contributed by atoms with E-state index in [2.05, 4.69) is 15.9 Å². The van der Waals surface area contributed by atoms with Crippen molar-refractivity contribution < 1.29 is 13.5 Å². The quantitative estimate of drug-likeness (QED) is 0.864. The number of nitrogens with two attached hydrogens (primary N) is 1. The Kier molecular flexibility index (Phi) is 4.32. The fourth-order valence-electron chi connectivity index (χ4n) is 1.61. The van der Waals surface area contributed by atoms with Gasteiger partial charge in [0.1, 0.15) is 11.8 Å². The standard InChI is InChI=1S/C14H9BrF2N2O/c15-10-4-11(16)14(17)13(5-10)20-12-2-1-8(6-18)3-9(12)7-19/h1-5H,6,18H2. The van der Waals surface area contributed by atoms with Crippen LogP contribution in [0.5, 0.6) is 11.5 Å². The maximum atomic E-state index is 13.6. The number of benzene rings is 2. The molecule has 2 aromatic rings. The lowest BCUT2D eigenvalue weighted by Gasteiger charge is -2.10. The van der Waals surface area contributed by atoms with Gasteiger partial charge < -0.3 is 10.5 Å². The predicted molar refractivity (Wildman–Crippen MR) is 73.2 cm³/mol. The van der Waals surface area contributed by atoms with Gasteiger partial charge in [-0.2, -0.15) is 9.65 Å². The van der Waals surface area contributed by atoms with Crippen LogP contribution in [0.1, 0.15) is 11.1 Å². The minimum atomic E-state index is -1.11. The summed E-state index contributed by atoms with van der Waals surface area (Å²) in [6, 6.07) is 8.91. The summed E-state index contributed by atoms with van der Waals surface area (Å²) in [5.41, 5.74) is 6.42. The third-order valence-electron chi connectivity index (χ3n) is 2.58. The second kappa shape index (κ2) is 5.99. The molecule has 6 heteroatoms. The Morgan fingerprint density at radius 3 is 2.60 bits per heavy atom. The molecule has 0 aromatic heterocycles. The molecule has 3 nitrogen and oxygen atoms in total. The Morgan fingerprint density at radius 2 is 1.95 bits per heavy atom. The number of halogens is 3. The molecule has 2 aromatic carbocycles. The fraction of sp³-hybridized carbons (Fsp3) is 0.0714. The Labute approximate surface area is 122 Å². The van der Waals surface area contributed by atoms with Crippen molar-refractivity contribution in [1.82, 2.24) is 0 Å². The van der Waals surface area contributed by atoms with Crippen molar-refractivity contribution in [3.05, 3.63) is 57.6 Å². The van der Waals surface area contributed by atoms with E-state index >= 15 is 0 Å². The minimum Gasteiger partial charge on any atom is -0.453 e. The number of nitriles is 1. The van der Waals surface area contributed by atoms with Crippen molar-refractivity contribution in [1.29, 1.82) is 5.26 Å². The molecule has 0 amide bonds. The van der Waals surface area contributed by atoms with E-state index in [9.17, 15) is 8.78 Å². The van der Waals surface area contributed by atoms with Crippen LogP contribution in [0.4, 0.5) is 8.78 Å². The van der Waals surface area contributed by atoms with Crippen LogP contribution in [0.25, 0.3) is 0 Å². The van der Waals surface area contributed by atoms with Gasteiger partial charge in [0.05, 0.1) is 5.56 Å². The smallest absolute Gasteiger partial charge is 0.201 e. The Balaban J connectivity index is 2.43. The summed E-state index contributed by atoms with van der Waals surface area (Å²) >= 11 is 3.05. The van der Waals surface area contributed by atoms with Gasteiger partial charge in [0.25, 0.3) is 0 Å². The molecule has 0 fully saturated rings. The van der Waals surface area contributed by atoms with Crippen molar-refractivity contribution in [2.75, 3.05) is 0 Å². The number of hydrogen-bond donors (Lipinski definition) is 1. The molecule has 102 valence electrons. The largest absolute Gasteiger partial charge is 0.453 e. The highest BCUT2D eigenvalue weighted by atomic mass is 79.9. The Morgan fingerprint density at radius 1 is 1.20 bits per heavy atom. The van der Waals surface area contributed by atoms with Gasteiger partial charge in [-0.05, 0) is 29.8 Å². The summed E-state index contributed by atoms with van der Waals surface area (Å²) in [5.74, 6) is -2.30. The molecule has 0 aliphatic rings. The Bertz CT molecular complexity index is 698. The van der Waals surface area contributed by atoms with Gasteiger partial charge in [0, 0.05) is 11.0 Å². The lowest BCUT2D eigenvalue weighted by molar-refractivity contribution is 0.414. The van der Waals surface area contributed by atoms with Crippen molar-refractivity contribution in [3.63, 3.8) is 0 Å². The zero-order valence-electron chi connectivity index (χ0n) is 10.2. The lowest BCUT2D eigenvalue weighted by atomic mass is 10.1. The third kappa shape index (κ3) is 2.95. The monoisotopic (exact) mass is 338 g/mol. The molecule has 0 bridgehead atoms. The number of rotatable bonds is 3. The summed E-state index contributed by atoms with van der Waals surface area (Å²) in [6.07, 6.45) is 0. The van der Waals surface area contributed by atoms with Gasteiger partial charge in [-0.15, -0.1) is 0 Å². The summed E-state index contributed by atoms with van der Waals surface area (Å²) in [5, 5.41) is 9.05. The first-order valence-electron chi connectivity index (χ1n) is 5.60. The van der Waals surface area contributed by atoms with E-state index in [1.54, 1.807) is 12.1 Å². The van der Waals surface area contributed by atoms with Gasteiger partial charge in [0.2, 0.25) is 5.82 Å². The number of ether oxygens (including phenoxy) is 1. The van der Waals surface area contributed by atoms with Crippen LogP contribution in [0.3, 0.4) is 0 Å². The van der Waals surface area contributed by atoms with Gasteiger partial charge in [0.15, 0.2) is 11.6 Å². The highest BCUT2D eigenvalue weighted by Crippen LogP contribution is 2.31. The first kappa shape index (κ1) is 14.4. The number of nitrogens with zero attached hydrogens (tertiary/aromatic N) is 1. The van der Waals surface area contributed by atoms with E-state index in [1.807, 2.05) is 6.07 Å².